The summed E-state index contributed by atoms with van der Waals surface area (Å²) in [6.07, 6.45) is 1.62. The number of thioether (sulfide) groups is 1. The van der Waals surface area contributed by atoms with E-state index in [1.54, 1.807) is 42.5 Å². The molecule has 0 atom stereocenters. The summed E-state index contributed by atoms with van der Waals surface area (Å²) < 4.78 is 29.2. The van der Waals surface area contributed by atoms with Crippen LogP contribution in [0.5, 0.6) is 11.5 Å². The largest absolute Gasteiger partial charge is 0.454 e. The molecular formula is C24H17FN2O6S. The molecule has 3 amide bonds. The van der Waals surface area contributed by atoms with Gasteiger partial charge in [0.05, 0.1) is 4.91 Å². The minimum atomic E-state index is -0.490. The molecule has 2 aliphatic rings. The zero-order valence-corrected chi connectivity index (χ0v) is 18.4. The molecule has 0 spiro atoms. The van der Waals surface area contributed by atoms with Gasteiger partial charge in [-0.25, -0.2) is 4.39 Å². The van der Waals surface area contributed by atoms with E-state index in [4.69, 9.17) is 13.9 Å². The van der Waals surface area contributed by atoms with Crippen molar-refractivity contribution >= 4 is 34.9 Å². The van der Waals surface area contributed by atoms with Crippen molar-refractivity contribution in [2.75, 3.05) is 19.9 Å². The maximum Gasteiger partial charge on any atom is 0.293 e. The Hall–Kier alpha value is -4.05. The zero-order chi connectivity index (χ0) is 23.7. The molecule has 1 saturated heterocycles. The van der Waals surface area contributed by atoms with Gasteiger partial charge in [-0.15, -0.1) is 0 Å². The highest BCUT2D eigenvalue weighted by molar-refractivity contribution is 8.18. The number of hydrogen-bond donors (Lipinski definition) is 1. The molecule has 1 fully saturated rings. The third kappa shape index (κ3) is 4.40. The Kier molecular flexibility index (Phi) is 5.81. The first-order valence-corrected chi connectivity index (χ1v) is 11.1. The summed E-state index contributed by atoms with van der Waals surface area (Å²) >= 11 is 0.836. The number of carbonyl (C=O) groups excluding carboxylic acids is 3. The summed E-state index contributed by atoms with van der Waals surface area (Å²) in [6, 6.07) is 14.1. The van der Waals surface area contributed by atoms with Crippen LogP contribution in [-0.2, 0) is 4.79 Å². The van der Waals surface area contributed by atoms with Gasteiger partial charge in [-0.3, -0.25) is 19.3 Å². The number of rotatable bonds is 6. The van der Waals surface area contributed by atoms with Crippen molar-refractivity contribution in [3.63, 3.8) is 0 Å². The predicted octanol–water partition coefficient (Wildman–Crippen LogP) is 4.28. The van der Waals surface area contributed by atoms with Gasteiger partial charge >= 0.3 is 0 Å². The van der Waals surface area contributed by atoms with E-state index in [2.05, 4.69) is 5.32 Å². The van der Waals surface area contributed by atoms with Gasteiger partial charge in [-0.2, -0.15) is 0 Å². The highest BCUT2D eigenvalue weighted by Crippen LogP contribution is 2.36. The number of fused-ring (bicyclic) bond motifs is 1. The molecule has 0 saturated carbocycles. The fraction of sp³-hybridized carbons (Fsp3) is 0.125. The second-order valence-corrected chi connectivity index (χ2v) is 8.37. The van der Waals surface area contributed by atoms with Crippen LogP contribution in [0.1, 0.15) is 16.1 Å². The molecule has 1 N–H and O–H groups in total. The number of carbonyl (C=O) groups is 3. The third-order valence-electron chi connectivity index (χ3n) is 5.15. The normalized spacial score (nSPS) is 15.9. The van der Waals surface area contributed by atoms with E-state index in [9.17, 15) is 18.8 Å². The minimum Gasteiger partial charge on any atom is -0.454 e. The van der Waals surface area contributed by atoms with Crippen LogP contribution >= 0.6 is 11.8 Å². The highest BCUT2D eigenvalue weighted by Gasteiger charge is 2.34. The average Bonchev–Trinajstić information content (AvgIpc) is 3.55. The summed E-state index contributed by atoms with van der Waals surface area (Å²) in [4.78, 5) is 38.8. The van der Waals surface area contributed by atoms with E-state index >= 15 is 0 Å². The number of nitrogens with zero attached hydrogens (tertiary/aromatic N) is 1. The van der Waals surface area contributed by atoms with Crippen LogP contribution in [0.4, 0.5) is 9.18 Å². The molecule has 1 aromatic heterocycles. The first-order chi connectivity index (χ1) is 16.5. The second-order valence-electron chi connectivity index (χ2n) is 7.37. The minimum absolute atomic E-state index is 0.0143. The lowest BCUT2D eigenvalue weighted by atomic mass is 10.2. The van der Waals surface area contributed by atoms with Crippen molar-refractivity contribution in [3.8, 4) is 22.8 Å². The van der Waals surface area contributed by atoms with Crippen molar-refractivity contribution in [2.45, 2.75) is 0 Å². The van der Waals surface area contributed by atoms with Crippen molar-refractivity contribution in [1.29, 1.82) is 0 Å². The van der Waals surface area contributed by atoms with Gasteiger partial charge in [-0.05, 0) is 71.9 Å². The summed E-state index contributed by atoms with van der Waals surface area (Å²) in [6.45, 7) is 0.216. The number of hydrogen-bond acceptors (Lipinski definition) is 7. The van der Waals surface area contributed by atoms with Crippen LogP contribution in [-0.4, -0.2) is 41.8 Å². The Bertz CT molecular complexity index is 1320. The molecular weight excluding hydrogens is 463 g/mol. The van der Waals surface area contributed by atoms with Gasteiger partial charge in [0.15, 0.2) is 17.3 Å². The van der Waals surface area contributed by atoms with Gasteiger partial charge < -0.3 is 19.2 Å². The van der Waals surface area contributed by atoms with Crippen LogP contribution in [0.25, 0.3) is 17.4 Å². The molecule has 3 aromatic rings. The number of amides is 3. The van der Waals surface area contributed by atoms with E-state index in [0.717, 1.165) is 16.7 Å². The Balaban J connectivity index is 1.18. The van der Waals surface area contributed by atoms with E-state index in [-0.39, 0.29) is 36.4 Å². The molecule has 2 aromatic carbocycles. The lowest BCUT2D eigenvalue weighted by Gasteiger charge is -2.12. The summed E-state index contributed by atoms with van der Waals surface area (Å²) in [5, 5.41) is 2.22. The second kappa shape index (κ2) is 9.06. The van der Waals surface area contributed by atoms with E-state index < -0.39 is 17.1 Å². The number of ether oxygens (including phenoxy) is 2. The standard InChI is InChI=1S/C24H17FN2O6S/c25-16-4-2-15(3-5-16)17-7-8-19(33-17)22(28)26-9-10-27-23(29)21(34-24(27)30)12-14-1-6-18-20(11-14)32-13-31-18/h1-8,11-12H,9-10,13H2,(H,26,28)/b21-12-. The molecule has 0 aliphatic carbocycles. The topological polar surface area (TPSA) is 98.1 Å². The van der Waals surface area contributed by atoms with Crippen molar-refractivity contribution in [3.05, 3.63) is 76.6 Å². The first kappa shape index (κ1) is 21.8. The van der Waals surface area contributed by atoms with E-state index in [0.29, 0.717) is 28.4 Å². The molecule has 0 unspecified atom stereocenters. The van der Waals surface area contributed by atoms with Crippen LogP contribution in [0.2, 0.25) is 0 Å². The number of benzene rings is 2. The summed E-state index contributed by atoms with van der Waals surface area (Å²) in [5.41, 5.74) is 1.34. The maximum atomic E-state index is 13.1. The molecule has 34 heavy (non-hydrogen) atoms. The molecule has 2 aliphatic heterocycles. The molecule has 10 heteroatoms. The number of halogens is 1. The van der Waals surface area contributed by atoms with Crippen molar-refractivity contribution < 1.29 is 32.7 Å². The Labute approximate surface area is 197 Å². The van der Waals surface area contributed by atoms with E-state index in [1.165, 1.54) is 18.2 Å². The zero-order valence-electron chi connectivity index (χ0n) is 17.6. The van der Waals surface area contributed by atoms with Gasteiger partial charge in [-0.1, -0.05) is 6.07 Å². The fourth-order valence-electron chi connectivity index (χ4n) is 3.44. The third-order valence-corrected chi connectivity index (χ3v) is 6.05. The maximum absolute atomic E-state index is 13.1. The van der Waals surface area contributed by atoms with Crippen LogP contribution in [0, 0.1) is 5.82 Å². The van der Waals surface area contributed by atoms with Crippen molar-refractivity contribution in [1.82, 2.24) is 10.2 Å². The number of nitrogens with one attached hydrogen (secondary N) is 1. The molecule has 0 bridgehead atoms. The van der Waals surface area contributed by atoms with Gasteiger partial charge in [0.25, 0.3) is 17.1 Å². The molecule has 172 valence electrons. The highest BCUT2D eigenvalue weighted by atomic mass is 32.2. The van der Waals surface area contributed by atoms with Crippen molar-refractivity contribution in [2.24, 2.45) is 0 Å². The van der Waals surface area contributed by atoms with Gasteiger partial charge in [0.1, 0.15) is 11.6 Å². The average molecular weight is 480 g/mol. The Morgan fingerprint density at radius 1 is 1.06 bits per heavy atom. The summed E-state index contributed by atoms with van der Waals surface area (Å²) in [5.74, 6) is 0.403. The Morgan fingerprint density at radius 2 is 1.85 bits per heavy atom. The lowest BCUT2D eigenvalue weighted by Crippen LogP contribution is -2.37. The lowest BCUT2D eigenvalue weighted by molar-refractivity contribution is -0.122. The van der Waals surface area contributed by atoms with Gasteiger partial charge in [0, 0.05) is 18.7 Å². The number of furan rings is 1. The predicted molar refractivity (Wildman–Crippen MR) is 122 cm³/mol. The monoisotopic (exact) mass is 480 g/mol. The smallest absolute Gasteiger partial charge is 0.293 e. The van der Waals surface area contributed by atoms with Crippen LogP contribution in [0.3, 0.4) is 0 Å². The van der Waals surface area contributed by atoms with Gasteiger partial charge in [0.2, 0.25) is 6.79 Å². The quantitative estimate of drug-likeness (QED) is 0.526. The molecule has 3 heterocycles. The van der Waals surface area contributed by atoms with Crippen LogP contribution in [0.15, 0.2) is 63.9 Å². The molecule has 5 rings (SSSR count). The molecule has 0 radical (unpaired) electrons. The number of imide groups is 1. The van der Waals surface area contributed by atoms with E-state index in [1.807, 2.05) is 0 Å². The van der Waals surface area contributed by atoms with Crippen LogP contribution < -0.4 is 14.8 Å². The molecule has 8 nitrogen and oxygen atoms in total. The SMILES string of the molecule is O=C(NCCN1C(=O)S/C(=C\c2ccc3c(c2)OCO3)C1=O)c1ccc(-c2ccc(F)cc2)o1. The first-order valence-electron chi connectivity index (χ1n) is 10.3. The Morgan fingerprint density at radius 3 is 2.68 bits per heavy atom. The fourth-order valence-corrected chi connectivity index (χ4v) is 4.31. The summed E-state index contributed by atoms with van der Waals surface area (Å²) in [7, 11) is 0.